The number of fused-ring (bicyclic) bond motifs is 1. The second-order valence-corrected chi connectivity index (χ2v) is 7.00. The number of allylic oxidation sites excluding steroid dienone is 2. The third kappa shape index (κ3) is 2.92. The summed E-state index contributed by atoms with van der Waals surface area (Å²) in [5.74, 6) is 1.32. The Balaban J connectivity index is 1.50. The molecule has 0 aromatic heterocycles. The molecule has 26 heavy (non-hydrogen) atoms. The van der Waals surface area contributed by atoms with E-state index in [-0.39, 0.29) is 11.6 Å². The molecule has 0 amide bonds. The molecule has 0 saturated carbocycles. The fraction of sp³-hybridized carbons (Fsp3) is 0.273. The maximum atomic E-state index is 13.0. The van der Waals surface area contributed by atoms with Crippen molar-refractivity contribution in [1.82, 2.24) is 0 Å². The lowest BCUT2D eigenvalue weighted by molar-refractivity contribution is -0.113. The van der Waals surface area contributed by atoms with Gasteiger partial charge in [0.05, 0.1) is 11.0 Å². The van der Waals surface area contributed by atoms with Gasteiger partial charge in [0, 0.05) is 6.07 Å². The van der Waals surface area contributed by atoms with Crippen LogP contribution in [0.5, 0.6) is 11.5 Å². The van der Waals surface area contributed by atoms with Crippen LogP contribution in [0.2, 0.25) is 0 Å². The van der Waals surface area contributed by atoms with Crippen molar-refractivity contribution in [2.45, 2.75) is 26.4 Å². The van der Waals surface area contributed by atoms with Gasteiger partial charge in [-0.15, -0.1) is 0 Å². The molecule has 1 spiro atoms. The number of Topliss-reactive ketones (excluding diaryl/α,β-unsaturated/α-hetero) is 2. The first-order chi connectivity index (χ1) is 12.6. The molecular formula is C22H20O4. The van der Waals surface area contributed by atoms with Gasteiger partial charge in [0.15, 0.2) is 11.6 Å². The number of ketones is 2. The van der Waals surface area contributed by atoms with E-state index in [0.29, 0.717) is 43.1 Å². The van der Waals surface area contributed by atoms with Crippen LogP contribution in [0.3, 0.4) is 0 Å². The largest absolute Gasteiger partial charge is 0.492 e. The van der Waals surface area contributed by atoms with E-state index in [4.69, 9.17) is 9.47 Å². The quantitative estimate of drug-likeness (QED) is 0.833. The Morgan fingerprint density at radius 1 is 1.19 bits per heavy atom. The molecule has 0 N–H and O–H groups in total. The third-order valence-corrected chi connectivity index (χ3v) is 5.15. The van der Waals surface area contributed by atoms with Crippen molar-refractivity contribution < 1.29 is 19.1 Å². The summed E-state index contributed by atoms with van der Waals surface area (Å²) < 4.78 is 11.7. The smallest absolute Gasteiger partial charge is 0.176 e. The summed E-state index contributed by atoms with van der Waals surface area (Å²) >= 11 is 0. The Hall–Kier alpha value is -2.88. The van der Waals surface area contributed by atoms with Gasteiger partial charge in [0.2, 0.25) is 0 Å². The summed E-state index contributed by atoms with van der Waals surface area (Å²) in [6.45, 7) is 2.31. The second-order valence-electron chi connectivity index (χ2n) is 7.00. The topological polar surface area (TPSA) is 52.6 Å². The van der Waals surface area contributed by atoms with Crippen LogP contribution in [0.1, 0.15) is 35.7 Å². The minimum atomic E-state index is -0.625. The van der Waals surface area contributed by atoms with E-state index in [0.717, 1.165) is 11.1 Å². The summed E-state index contributed by atoms with van der Waals surface area (Å²) in [4.78, 5) is 24.7. The van der Waals surface area contributed by atoms with Crippen molar-refractivity contribution in [1.29, 1.82) is 0 Å². The van der Waals surface area contributed by atoms with E-state index < -0.39 is 5.41 Å². The maximum absolute atomic E-state index is 13.0. The molecule has 1 heterocycles. The van der Waals surface area contributed by atoms with Gasteiger partial charge in [-0.05, 0) is 43.0 Å². The average molecular weight is 348 g/mol. The molecule has 4 nitrogen and oxygen atoms in total. The van der Waals surface area contributed by atoms with Crippen LogP contribution < -0.4 is 9.47 Å². The SMILES string of the molecule is CC(=O)C1=CCC2(COc3cc(OCc4ccccc4)ccc3C2=O)C1. The van der Waals surface area contributed by atoms with Crippen LogP contribution >= 0.6 is 0 Å². The van der Waals surface area contributed by atoms with Crippen LogP contribution in [0.15, 0.2) is 60.2 Å². The molecule has 4 heteroatoms. The number of ether oxygens (including phenoxy) is 2. The lowest BCUT2D eigenvalue weighted by Crippen LogP contribution is -2.39. The van der Waals surface area contributed by atoms with Gasteiger partial charge in [0.25, 0.3) is 0 Å². The van der Waals surface area contributed by atoms with Crippen molar-refractivity contribution in [3.8, 4) is 11.5 Å². The molecule has 2 aromatic carbocycles. The van der Waals surface area contributed by atoms with E-state index in [1.54, 1.807) is 25.1 Å². The van der Waals surface area contributed by atoms with Crippen molar-refractivity contribution in [3.63, 3.8) is 0 Å². The Morgan fingerprint density at radius 2 is 2.00 bits per heavy atom. The number of hydrogen-bond acceptors (Lipinski definition) is 4. The zero-order chi connectivity index (χ0) is 18.1. The standard InChI is InChI=1S/C22H20O4/c1-15(23)17-9-10-22(12-17)14-26-20-11-18(7-8-19(20)21(22)24)25-13-16-5-3-2-4-6-16/h2-9,11H,10,12-14H2,1H3. The number of carbonyl (C=O) groups excluding carboxylic acids is 2. The van der Waals surface area contributed by atoms with Gasteiger partial charge in [-0.3, -0.25) is 9.59 Å². The number of carbonyl (C=O) groups is 2. The molecule has 132 valence electrons. The molecule has 0 fully saturated rings. The van der Waals surface area contributed by atoms with Gasteiger partial charge in [-0.2, -0.15) is 0 Å². The third-order valence-electron chi connectivity index (χ3n) is 5.15. The average Bonchev–Trinajstić information content (AvgIpc) is 3.10. The van der Waals surface area contributed by atoms with E-state index in [9.17, 15) is 9.59 Å². The van der Waals surface area contributed by atoms with Crippen molar-refractivity contribution in [2.75, 3.05) is 6.61 Å². The maximum Gasteiger partial charge on any atom is 0.176 e. The Morgan fingerprint density at radius 3 is 2.73 bits per heavy atom. The zero-order valence-electron chi connectivity index (χ0n) is 14.7. The first kappa shape index (κ1) is 16.6. The van der Waals surface area contributed by atoms with Crippen molar-refractivity contribution in [3.05, 3.63) is 71.3 Å². The molecule has 1 aliphatic heterocycles. The molecule has 1 atom stereocenters. The second kappa shape index (κ2) is 6.45. The van der Waals surface area contributed by atoms with Gasteiger partial charge in [-0.25, -0.2) is 0 Å². The molecule has 0 bridgehead atoms. The molecule has 1 aliphatic carbocycles. The predicted octanol–water partition coefficient (Wildman–Crippen LogP) is 4.14. The highest BCUT2D eigenvalue weighted by atomic mass is 16.5. The fourth-order valence-electron chi connectivity index (χ4n) is 3.59. The highest BCUT2D eigenvalue weighted by molar-refractivity contribution is 6.06. The first-order valence-electron chi connectivity index (χ1n) is 8.76. The minimum Gasteiger partial charge on any atom is -0.492 e. The fourth-order valence-corrected chi connectivity index (χ4v) is 3.59. The molecular weight excluding hydrogens is 328 g/mol. The van der Waals surface area contributed by atoms with E-state index >= 15 is 0 Å². The number of hydrogen-bond donors (Lipinski definition) is 0. The van der Waals surface area contributed by atoms with Gasteiger partial charge >= 0.3 is 0 Å². The van der Waals surface area contributed by atoms with Gasteiger partial charge in [-0.1, -0.05) is 36.4 Å². The van der Waals surface area contributed by atoms with Crippen LogP contribution in [0, 0.1) is 5.41 Å². The Labute approximate surface area is 152 Å². The summed E-state index contributed by atoms with van der Waals surface area (Å²) in [6.07, 6.45) is 2.91. The van der Waals surface area contributed by atoms with Crippen LogP contribution in [-0.2, 0) is 11.4 Å². The first-order valence-corrected chi connectivity index (χ1v) is 8.76. The van der Waals surface area contributed by atoms with Crippen LogP contribution in [0.25, 0.3) is 0 Å². The van der Waals surface area contributed by atoms with E-state index in [1.807, 2.05) is 36.4 Å². The van der Waals surface area contributed by atoms with Crippen molar-refractivity contribution >= 4 is 11.6 Å². The normalized spacial score (nSPS) is 21.1. The lowest BCUT2D eigenvalue weighted by Gasteiger charge is -2.33. The lowest BCUT2D eigenvalue weighted by atomic mass is 9.76. The Bertz CT molecular complexity index is 898. The summed E-state index contributed by atoms with van der Waals surface area (Å²) in [5, 5.41) is 0. The number of rotatable bonds is 4. The van der Waals surface area contributed by atoms with Gasteiger partial charge in [0.1, 0.15) is 24.7 Å². The van der Waals surface area contributed by atoms with Crippen molar-refractivity contribution in [2.24, 2.45) is 5.41 Å². The molecule has 2 aromatic rings. The zero-order valence-corrected chi connectivity index (χ0v) is 14.7. The van der Waals surface area contributed by atoms with E-state index in [1.165, 1.54) is 0 Å². The molecule has 1 unspecified atom stereocenters. The molecule has 2 aliphatic rings. The number of benzene rings is 2. The van der Waals surface area contributed by atoms with Gasteiger partial charge < -0.3 is 9.47 Å². The predicted molar refractivity (Wildman–Crippen MR) is 97.5 cm³/mol. The highest BCUT2D eigenvalue weighted by Gasteiger charge is 2.47. The molecule has 4 rings (SSSR count). The summed E-state index contributed by atoms with van der Waals surface area (Å²) in [7, 11) is 0. The van der Waals surface area contributed by atoms with Crippen LogP contribution in [-0.4, -0.2) is 18.2 Å². The Kier molecular flexibility index (Phi) is 4.11. The molecule has 0 radical (unpaired) electrons. The monoisotopic (exact) mass is 348 g/mol. The van der Waals surface area contributed by atoms with Crippen LogP contribution in [0.4, 0.5) is 0 Å². The summed E-state index contributed by atoms with van der Waals surface area (Å²) in [5.41, 5.74) is 1.75. The summed E-state index contributed by atoms with van der Waals surface area (Å²) in [6, 6.07) is 15.3. The minimum absolute atomic E-state index is 0.0325. The van der Waals surface area contributed by atoms with E-state index in [2.05, 4.69) is 0 Å². The highest BCUT2D eigenvalue weighted by Crippen LogP contribution is 2.46. The molecule has 0 saturated heterocycles.